The van der Waals surface area contributed by atoms with Crippen LogP contribution in [-0.4, -0.2) is 71.4 Å². The van der Waals surface area contributed by atoms with E-state index in [0.717, 1.165) is 43.4 Å². The van der Waals surface area contributed by atoms with E-state index in [2.05, 4.69) is 19.8 Å². The van der Waals surface area contributed by atoms with E-state index in [1.54, 1.807) is 24.3 Å². The molecule has 0 bridgehead atoms. The standard InChI is InChI=1S/C19H25N7O2/c1-23-15-12-21-18(25-7-6-20-19(25)24-8-10-28-11-9-24)22-17(15)26(13-16(23)27)14-4-2-3-5-14/h6-7,12,14H,2-5,8-11,13H2,1H3. The molecule has 2 fully saturated rings. The fraction of sp³-hybridized carbons (Fsp3) is 0.579. The van der Waals surface area contributed by atoms with Gasteiger partial charge in [0.05, 0.1) is 26.0 Å². The Labute approximate surface area is 163 Å². The molecule has 1 saturated heterocycles. The molecule has 28 heavy (non-hydrogen) atoms. The van der Waals surface area contributed by atoms with Crippen molar-refractivity contribution in [2.24, 2.45) is 0 Å². The number of aromatic nitrogens is 4. The van der Waals surface area contributed by atoms with Crippen LogP contribution in [-0.2, 0) is 9.53 Å². The van der Waals surface area contributed by atoms with E-state index in [4.69, 9.17) is 9.72 Å². The lowest BCUT2D eigenvalue weighted by molar-refractivity contribution is -0.117. The number of likely N-dealkylation sites (N-methyl/N-ethyl adjacent to an activating group) is 1. The molecule has 2 aromatic rings. The zero-order valence-corrected chi connectivity index (χ0v) is 16.1. The Morgan fingerprint density at radius 2 is 1.93 bits per heavy atom. The van der Waals surface area contributed by atoms with Crippen LogP contribution in [0.1, 0.15) is 25.7 Å². The molecule has 1 amide bonds. The number of hydrogen-bond donors (Lipinski definition) is 0. The SMILES string of the molecule is CN1C(=O)CN(C2CCCC2)c2nc(-n3ccnc3N3CCOCC3)ncc21. The van der Waals surface area contributed by atoms with Crippen LogP contribution < -0.4 is 14.7 Å². The van der Waals surface area contributed by atoms with Crippen LogP contribution in [0.3, 0.4) is 0 Å². The summed E-state index contributed by atoms with van der Waals surface area (Å²) in [6, 6.07) is 0.376. The largest absolute Gasteiger partial charge is 0.378 e. The van der Waals surface area contributed by atoms with Gasteiger partial charge in [-0.2, -0.15) is 4.98 Å². The van der Waals surface area contributed by atoms with Gasteiger partial charge in [-0.05, 0) is 12.8 Å². The molecule has 2 aliphatic heterocycles. The van der Waals surface area contributed by atoms with Crippen molar-refractivity contribution in [2.75, 3.05) is 54.6 Å². The van der Waals surface area contributed by atoms with Crippen molar-refractivity contribution in [1.29, 1.82) is 0 Å². The van der Waals surface area contributed by atoms with E-state index in [1.807, 2.05) is 10.8 Å². The molecule has 1 aliphatic carbocycles. The fourth-order valence-corrected chi connectivity index (χ4v) is 4.35. The summed E-state index contributed by atoms with van der Waals surface area (Å²) in [5.41, 5.74) is 0.778. The molecule has 0 unspecified atom stereocenters. The lowest BCUT2D eigenvalue weighted by atomic mass is 10.1. The van der Waals surface area contributed by atoms with Gasteiger partial charge in [0.25, 0.3) is 0 Å². The van der Waals surface area contributed by atoms with Gasteiger partial charge in [0.2, 0.25) is 17.8 Å². The van der Waals surface area contributed by atoms with E-state index in [9.17, 15) is 4.79 Å². The molecule has 0 atom stereocenters. The number of amides is 1. The number of nitrogens with zero attached hydrogens (tertiary/aromatic N) is 7. The number of carbonyl (C=O) groups excluding carboxylic acids is 1. The van der Waals surface area contributed by atoms with Crippen LogP contribution >= 0.6 is 0 Å². The van der Waals surface area contributed by atoms with Crippen LogP contribution in [0.15, 0.2) is 18.6 Å². The fourth-order valence-electron chi connectivity index (χ4n) is 4.35. The summed E-state index contributed by atoms with van der Waals surface area (Å²) < 4.78 is 7.38. The van der Waals surface area contributed by atoms with Crippen molar-refractivity contribution in [3.05, 3.63) is 18.6 Å². The van der Waals surface area contributed by atoms with Gasteiger partial charge in [-0.3, -0.25) is 9.36 Å². The third-order valence-electron chi connectivity index (χ3n) is 5.95. The van der Waals surface area contributed by atoms with E-state index in [1.165, 1.54) is 12.8 Å². The van der Waals surface area contributed by atoms with Crippen LogP contribution in [0.25, 0.3) is 5.95 Å². The van der Waals surface area contributed by atoms with Crippen molar-refractivity contribution in [1.82, 2.24) is 19.5 Å². The van der Waals surface area contributed by atoms with Crippen molar-refractivity contribution in [3.63, 3.8) is 0 Å². The highest BCUT2D eigenvalue weighted by Crippen LogP contribution is 2.36. The van der Waals surface area contributed by atoms with Gasteiger partial charge >= 0.3 is 0 Å². The van der Waals surface area contributed by atoms with Crippen molar-refractivity contribution < 1.29 is 9.53 Å². The number of morpholine rings is 1. The molecular formula is C19H25N7O2. The Hall–Kier alpha value is -2.68. The maximum absolute atomic E-state index is 12.5. The summed E-state index contributed by atoms with van der Waals surface area (Å²) in [5.74, 6) is 2.35. The average Bonchev–Trinajstić information content (AvgIpc) is 3.43. The second-order valence-electron chi connectivity index (χ2n) is 7.59. The maximum atomic E-state index is 12.5. The molecule has 0 aromatic carbocycles. The van der Waals surface area contributed by atoms with Gasteiger partial charge in [0, 0.05) is 38.6 Å². The minimum atomic E-state index is 0.0902. The average molecular weight is 383 g/mol. The van der Waals surface area contributed by atoms with Crippen LogP contribution in [0.2, 0.25) is 0 Å². The third-order valence-corrected chi connectivity index (χ3v) is 5.95. The van der Waals surface area contributed by atoms with E-state index >= 15 is 0 Å². The third kappa shape index (κ3) is 2.90. The summed E-state index contributed by atoms with van der Waals surface area (Å²) in [6.45, 7) is 3.37. The van der Waals surface area contributed by atoms with Gasteiger partial charge in [0.15, 0.2) is 5.82 Å². The van der Waals surface area contributed by atoms with Gasteiger partial charge in [-0.1, -0.05) is 12.8 Å². The quantitative estimate of drug-likeness (QED) is 0.788. The summed E-state index contributed by atoms with van der Waals surface area (Å²) in [6.07, 6.45) is 10.1. The first-order chi connectivity index (χ1) is 13.7. The smallest absolute Gasteiger partial charge is 0.246 e. The molecule has 9 heteroatoms. The molecule has 0 spiro atoms. The van der Waals surface area contributed by atoms with E-state index in [0.29, 0.717) is 31.7 Å². The Morgan fingerprint density at radius 3 is 2.71 bits per heavy atom. The first kappa shape index (κ1) is 17.4. The monoisotopic (exact) mass is 383 g/mol. The molecule has 0 radical (unpaired) electrons. The van der Waals surface area contributed by atoms with Gasteiger partial charge in [-0.15, -0.1) is 0 Å². The molecule has 4 heterocycles. The zero-order chi connectivity index (χ0) is 19.1. The highest BCUT2D eigenvalue weighted by atomic mass is 16.5. The molecule has 9 nitrogen and oxygen atoms in total. The summed E-state index contributed by atoms with van der Waals surface area (Å²) in [7, 11) is 1.80. The molecule has 148 valence electrons. The Balaban J connectivity index is 1.54. The molecule has 1 saturated carbocycles. The molecule has 2 aromatic heterocycles. The number of anilines is 3. The second kappa shape index (κ2) is 7.05. The minimum absolute atomic E-state index is 0.0902. The first-order valence-corrected chi connectivity index (χ1v) is 9.99. The summed E-state index contributed by atoms with van der Waals surface area (Å²) in [4.78, 5) is 32.5. The molecule has 5 rings (SSSR count). The highest BCUT2D eigenvalue weighted by molar-refractivity contribution is 6.01. The number of rotatable bonds is 3. The minimum Gasteiger partial charge on any atom is -0.378 e. The number of imidazole rings is 1. The van der Waals surface area contributed by atoms with Gasteiger partial charge in [0.1, 0.15) is 5.69 Å². The molecule has 3 aliphatic rings. The summed E-state index contributed by atoms with van der Waals surface area (Å²) in [5, 5.41) is 0. The zero-order valence-electron chi connectivity index (χ0n) is 16.1. The normalized spacial score (nSPS) is 20.8. The number of carbonyl (C=O) groups is 1. The predicted molar refractivity (Wildman–Crippen MR) is 105 cm³/mol. The van der Waals surface area contributed by atoms with Crippen molar-refractivity contribution in [2.45, 2.75) is 31.7 Å². The van der Waals surface area contributed by atoms with E-state index < -0.39 is 0 Å². The van der Waals surface area contributed by atoms with Gasteiger partial charge < -0.3 is 19.4 Å². The van der Waals surface area contributed by atoms with Crippen molar-refractivity contribution >= 4 is 23.4 Å². The second-order valence-corrected chi connectivity index (χ2v) is 7.59. The topological polar surface area (TPSA) is 79.6 Å². The first-order valence-electron chi connectivity index (χ1n) is 9.99. The Bertz CT molecular complexity index is 871. The Morgan fingerprint density at radius 1 is 1.14 bits per heavy atom. The maximum Gasteiger partial charge on any atom is 0.246 e. The molecule has 0 N–H and O–H groups in total. The lowest BCUT2D eigenvalue weighted by Gasteiger charge is -2.37. The van der Waals surface area contributed by atoms with Crippen molar-refractivity contribution in [3.8, 4) is 5.95 Å². The number of hydrogen-bond acceptors (Lipinski definition) is 7. The van der Waals surface area contributed by atoms with Crippen LogP contribution in [0.5, 0.6) is 0 Å². The Kier molecular flexibility index (Phi) is 4.38. The summed E-state index contributed by atoms with van der Waals surface area (Å²) >= 11 is 0. The highest BCUT2D eigenvalue weighted by Gasteiger charge is 2.34. The van der Waals surface area contributed by atoms with Crippen LogP contribution in [0.4, 0.5) is 17.5 Å². The number of fused-ring (bicyclic) bond motifs is 1. The lowest BCUT2D eigenvalue weighted by Crippen LogP contribution is -2.48. The van der Waals surface area contributed by atoms with Crippen LogP contribution in [0, 0.1) is 0 Å². The number of ether oxygens (including phenoxy) is 1. The van der Waals surface area contributed by atoms with E-state index in [-0.39, 0.29) is 5.91 Å². The van der Waals surface area contributed by atoms with Gasteiger partial charge in [-0.25, -0.2) is 9.97 Å². The predicted octanol–water partition coefficient (Wildman–Crippen LogP) is 1.22. The molecular weight excluding hydrogens is 358 g/mol.